The Balaban J connectivity index is 2.66. The number of benzene rings is 2. The number of rotatable bonds is 9. The summed E-state index contributed by atoms with van der Waals surface area (Å²) in [6.45, 7) is 2.30. The molecule has 0 saturated carbocycles. The van der Waals surface area contributed by atoms with E-state index in [0.717, 1.165) is 16.7 Å². The van der Waals surface area contributed by atoms with Gasteiger partial charge in [-0.3, -0.25) is 0 Å². The Labute approximate surface area is 160 Å². The van der Waals surface area contributed by atoms with Crippen LogP contribution in [0.5, 0.6) is 0 Å². The van der Waals surface area contributed by atoms with Crippen LogP contribution in [0.1, 0.15) is 31.9 Å². The van der Waals surface area contributed by atoms with E-state index in [0.29, 0.717) is 19.8 Å². The summed E-state index contributed by atoms with van der Waals surface area (Å²) >= 11 is 6.74. The standard InChI is InChI=1S/C20H25ClNO3P/c1-4-23-26(21,24-5-2,25-6-3)22-17-20(18-13-9-7-10-14-18)19-15-11-8-12-16-19/h7-16H,4-6H2,1-3H3. The van der Waals surface area contributed by atoms with E-state index in [1.165, 1.54) is 0 Å². The summed E-state index contributed by atoms with van der Waals surface area (Å²) in [4.78, 5) is 0. The van der Waals surface area contributed by atoms with Gasteiger partial charge in [0.25, 0.3) is 0 Å². The Bertz CT molecular complexity index is 700. The van der Waals surface area contributed by atoms with E-state index in [2.05, 4.69) is 10.6 Å². The topological polar surface area (TPSA) is 40.0 Å². The van der Waals surface area contributed by atoms with Gasteiger partial charge in [0.15, 0.2) is 0 Å². The van der Waals surface area contributed by atoms with E-state index in [9.17, 15) is 0 Å². The summed E-state index contributed by atoms with van der Waals surface area (Å²) in [6.07, 6.45) is 0. The zero-order chi connectivity index (χ0) is 18.9. The van der Waals surface area contributed by atoms with E-state index >= 15 is 0 Å². The summed E-state index contributed by atoms with van der Waals surface area (Å²) in [5.41, 5.74) is 2.72. The first-order chi connectivity index (χ1) is 12.5. The fourth-order valence-corrected chi connectivity index (χ4v) is 5.39. The predicted molar refractivity (Wildman–Crippen MR) is 110 cm³/mol. The minimum atomic E-state index is -4.15. The molecule has 0 saturated heterocycles. The molecule has 0 atom stereocenters. The quantitative estimate of drug-likeness (QED) is 0.372. The molecule has 4 nitrogen and oxygen atoms in total. The molecule has 0 fully saturated rings. The molecule has 0 unspecified atom stereocenters. The second-order valence-electron chi connectivity index (χ2n) is 5.32. The molecule has 0 N–H and O–H groups in total. The Morgan fingerprint density at radius 3 is 1.54 bits per heavy atom. The average molecular weight is 394 g/mol. The molecule has 0 bridgehead atoms. The van der Waals surface area contributed by atoms with E-state index in [4.69, 9.17) is 24.8 Å². The van der Waals surface area contributed by atoms with Crippen molar-refractivity contribution in [3.05, 3.63) is 71.8 Å². The van der Waals surface area contributed by atoms with E-state index < -0.39 is 6.79 Å². The van der Waals surface area contributed by atoms with Crippen LogP contribution in [0, 0.1) is 0 Å². The van der Waals surface area contributed by atoms with Gasteiger partial charge < -0.3 is 0 Å². The summed E-state index contributed by atoms with van der Waals surface area (Å²) in [6, 6.07) is 19.8. The van der Waals surface area contributed by atoms with Crippen molar-refractivity contribution in [3.63, 3.8) is 0 Å². The van der Waals surface area contributed by atoms with Crippen molar-refractivity contribution in [2.45, 2.75) is 20.8 Å². The van der Waals surface area contributed by atoms with Crippen LogP contribution in [-0.2, 0) is 13.6 Å². The van der Waals surface area contributed by atoms with Crippen molar-refractivity contribution in [1.82, 2.24) is 0 Å². The second kappa shape index (κ2) is 9.43. The van der Waals surface area contributed by atoms with Crippen LogP contribution in [0.3, 0.4) is 0 Å². The summed E-state index contributed by atoms with van der Waals surface area (Å²) in [7, 11) is 0. The maximum absolute atomic E-state index is 6.74. The molecular formula is C20H25ClNO3P. The zero-order valence-electron chi connectivity index (χ0n) is 15.4. The molecule has 2 aromatic carbocycles. The van der Waals surface area contributed by atoms with Gasteiger partial charge in [-0.1, -0.05) is 0 Å². The van der Waals surface area contributed by atoms with Crippen LogP contribution in [-0.4, -0.2) is 25.7 Å². The van der Waals surface area contributed by atoms with Gasteiger partial charge in [0.05, 0.1) is 0 Å². The zero-order valence-corrected chi connectivity index (χ0v) is 17.0. The third kappa shape index (κ3) is 5.25. The van der Waals surface area contributed by atoms with Crippen molar-refractivity contribution in [2.75, 3.05) is 19.8 Å². The van der Waals surface area contributed by atoms with Gasteiger partial charge in [0.2, 0.25) is 0 Å². The molecule has 0 radical (unpaired) electrons. The van der Waals surface area contributed by atoms with Crippen molar-refractivity contribution >= 4 is 29.5 Å². The van der Waals surface area contributed by atoms with Gasteiger partial charge in [0.1, 0.15) is 0 Å². The Kier molecular flexibility index (Phi) is 7.55. The van der Waals surface area contributed by atoms with Gasteiger partial charge in [0, 0.05) is 0 Å². The fourth-order valence-electron chi connectivity index (χ4n) is 2.47. The number of nitrogens with zero attached hydrogens (tertiary/aromatic N) is 1. The number of hydrogen-bond donors (Lipinski definition) is 0. The predicted octanol–water partition coefficient (Wildman–Crippen LogP) is 6.26. The van der Waals surface area contributed by atoms with Gasteiger partial charge in [-0.2, -0.15) is 0 Å². The second-order valence-corrected chi connectivity index (χ2v) is 9.50. The van der Waals surface area contributed by atoms with Crippen molar-refractivity contribution < 1.29 is 13.6 Å². The molecule has 26 heavy (non-hydrogen) atoms. The first-order valence-electron chi connectivity index (χ1n) is 8.70. The number of halogens is 1. The van der Waals surface area contributed by atoms with Crippen LogP contribution in [0.2, 0.25) is 0 Å². The SMILES string of the molecule is CCOP(Cl)(N=C=C(c1ccccc1)c1ccccc1)(OCC)OCC. The molecule has 0 aliphatic carbocycles. The molecule has 0 aliphatic rings. The third-order valence-corrected chi connectivity index (χ3v) is 7.04. The molecular weight excluding hydrogens is 369 g/mol. The van der Waals surface area contributed by atoms with Crippen LogP contribution in [0.4, 0.5) is 0 Å². The van der Waals surface area contributed by atoms with E-state index in [-0.39, 0.29) is 0 Å². The monoisotopic (exact) mass is 393 g/mol. The molecule has 2 aromatic rings. The Hall–Kier alpha value is -1.51. The normalized spacial score (nSPS) is 12.7. The van der Waals surface area contributed by atoms with Gasteiger partial charge in [-0.05, 0) is 0 Å². The fraction of sp³-hybridized carbons (Fsp3) is 0.300. The molecule has 0 aromatic heterocycles. The van der Waals surface area contributed by atoms with Gasteiger partial charge >= 0.3 is 160 Å². The van der Waals surface area contributed by atoms with E-state index in [1.807, 2.05) is 81.4 Å². The van der Waals surface area contributed by atoms with E-state index in [1.54, 1.807) is 0 Å². The van der Waals surface area contributed by atoms with Crippen molar-refractivity contribution in [2.24, 2.45) is 4.76 Å². The Morgan fingerprint density at radius 1 is 0.808 bits per heavy atom. The number of hydrogen-bond acceptors (Lipinski definition) is 4. The summed E-state index contributed by atoms with van der Waals surface area (Å²) in [5, 5.41) is 0. The molecule has 140 valence electrons. The van der Waals surface area contributed by atoms with Crippen LogP contribution in [0.25, 0.3) is 5.57 Å². The summed E-state index contributed by atoms with van der Waals surface area (Å²) in [5.74, 6) is 3.08. The van der Waals surface area contributed by atoms with Crippen LogP contribution < -0.4 is 0 Å². The first kappa shape index (κ1) is 20.8. The third-order valence-electron chi connectivity index (χ3n) is 3.47. The molecule has 0 amide bonds. The van der Waals surface area contributed by atoms with Gasteiger partial charge in [-0.25, -0.2) is 0 Å². The molecule has 6 heteroatoms. The van der Waals surface area contributed by atoms with Crippen LogP contribution >= 0.6 is 18.0 Å². The van der Waals surface area contributed by atoms with Crippen LogP contribution in [0.15, 0.2) is 65.4 Å². The molecule has 0 heterocycles. The van der Waals surface area contributed by atoms with Crippen molar-refractivity contribution in [1.29, 1.82) is 0 Å². The molecule has 0 aliphatic heterocycles. The maximum atomic E-state index is 6.74. The molecule has 0 spiro atoms. The Morgan fingerprint density at radius 2 is 1.19 bits per heavy atom. The summed E-state index contributed by atoms with van der Waals surface area (Å²) < 4.78 is 21.6. The molecule has 2 rings (SSSR count). The first-order valence-corrected chi connectivity index (χ1v) is 11.5. The van der Waals surface area contributed by atoms with Gasteiger partial charge in [-0.15, -0.1) is 0 Å². The van der Waals surface area contributed by atoms with Crippen molar-refractivity contribution in [3.8, 4) is 0 Å². The average Bonchev–Trinajstić information content (AvgIpc) is 2.64. The minimum absolute atomic E-state index is 0.318.